The van der Waals surface area contributed by atoms with Gasteiger partial charge in [0.25, 0.3) is 0 Å². The second-order valence-electron chi connectivity index (χ2n) is 4.11. The summed E-state index contributed by atoms with van der Waals surface area (Å²) in [6, 6.07) is 4.25. The van der Waals surface area contributed by atoms with Crippen molar-refractivity contribution in [2.24, 2.45) is 5.92 Å². The highest BCUT2D eigenvalue weighted by atomic mass is 19.1. The van der Waals surface area contributed by atoms with E-state index in [2.05, 4.69) is 0 Å². The van der Waals surface area contributed by atoms with Crippen LogP contribution in [0.3, 0.4) is 0 Å². The van der Waals surface area contributed by atoms with Crippen LogP contribution in [0.5, 0.6) is 5.75 Å². The first-order valence-electron chi connectivity index (χ1n) is 5.27. The molecule has 1 saturated carbocycles. The summed E-state index contributed by atoms with van der Waals surface area (Å²) >= 11 is 0. The van der Waals surface area contributed by atoms with E-state index in [1.54, 1.807) is 13.0 Å². The van der Waals surface area contributed by atoms with Crippen molar-refractivity contribution in [3.05, 3.63) is 29.6 Å². The van der Waals surface area contributed by atoms with Gasteiger partial charge in [0.1, 0.15) is 11.6 Å². The maximum Gasteiger partial charge on any atom is 0.128 e. The molecule has 1 fully saturated rings. The van der Waals surface area contributed by atoms with Gasteiger partial charge in [0, 0.05) is 11.6 Å². The van der Waals surface area contributed by atoms with Crippen LogP contribution >= 0.6 is 0 Å². The Morgan fingerprint density at radius 2 is 2.27 bits per heavy atom. The van der Waals surface area contributed by atoms with Crippen LogP contribution in [0, 0.1) is 11.7 Å². The molecule has 1 aliphatic carbocycles. The fraction of sp³-hybridized carbons (Fsp3) is 0.500. The highest BCUT2D eigenvalue weighted by Crippen LogP contribution is 2.32. The van der Waals surface area contributed by atoms with Crippen molar-refractivity contribution in [3.63, 3.8) is 0 Å². The van der Waals surface area contributed by atoms with Gasteiger partial charge in [0.15, 0.2) is 0 Å². The minimum absolute atomic E-state index is 0.329. The van der Waals surface area contributed by atoms with Crippen molar-refractivity contribution < 1.29 is 14.2 Å². The standard InChI is InChI=1S/C12H15FO2/c1-8(14)11-5-4-10(13)6-12(11)15-7-9-2-3-9/h4-6,8-9,14H,2-3,7H2,1H3/t8-/m1/s1. The Morgan fingerprint density at radius 1 is 1.53 bits per heavy atom. The van der Waals surface area contributed by atoms with Crippen molar-refractivity contribution in [2.45, 2.75) is 25.9 Å². The smallest absolute Gasteiger partial charge is 0.128 e. The number of hydrogen-bond donors (Lipinski definition) is 1. The average molecular weight is 210 g/mol. The largest absolute Gasteiger partial charge is 0.493 e. The summed E-state index contributed by atoms with van der Waals surface area (Å²) in [7, 11) is 0. The summed E-state index contributed by atoms with van der Waals surface area (Å²) in [5.74, 6) is 0.761. The van der Waals surface area contributed by atoms with Gasteiger partial charge in [-0.25, -0.2) is 4.39 Å². The molecule has 1 aliphatic rings. The molecule has 0 radical (unpaired) electrons. The lowest BCUT2D eigenvalue weighted by Gasteiger charge is -2.13. The van der Waals surface area contributed by atoms with Crippen LogP contribution in [-0.2, 0) is 0 Å². The van der Waals surface area contributed by atoms with E-state index < -0.39 is 6.10 Å². The van der Waals surface area contributed by atoms with E-state index in [9.17, 15) is 9.50 Å². The number of aliphatic hydroxyl groups is 1. The maximum atomic E-state index is 13.0. The van der Waals surface area contributed by atoms with Crippen LogP contribution in [0.4, 0.5) is 4.39 Å². The third-order valence-electron chi connectivity index (χ3n) is 2.60. The Balaban J connectivity index is 2.13. The summed E-state index contributed by atoms with van der Waals surface area (Å²) in [5.41, 5.74) is 0.650. The fourth-order valence-corrected chi connectivity index (χ4v) is 1.47. The van der Waals surface area contributed by atoms with Crippen LogP contribution in [0.2, 0.25) is 0 Å². The lowest BCUT2D eigenvalue weighted by molar-refractivity contribution is 0.190. The number of hydrogen-bond acceptors (Lipinski definition) is 2. The predicted molar refractivity (Wildman–Crippen MR) is 55.3 cm³/mol. The van der Waals surface area contributed by atoms with Gasteiger partial charge in [-0.1, -0.05) is 0 Å². The molecule has 82 valence electrons. The first-order valence-corrected chi connectivity index (χ1v) is 5.27. The molecule has 1 N–H and O–H groups in total. The molecule has 0 heterocycles. The molecule has 0 spiro atoms. The van der Waals surface area contributed by atoms with Gasteiger partial charge in [0.2, 0.25) is 0 Å². The van der Waals surface area contributed by atoms with Crippen LogP contribution in [0.25, 0.3) is 0 Å². The molecule has 1 atom stereocenters. The molecule has 3 heteroatoms. The molecule has 0 amide bonds. The first-order chi connectivity index (χ1) is 7.16. The molecule has 15 heavy (non-hydrogen) atoms. The van der Waals surface area contributed by atoms with E-state index in [-0.39, 0.29) is 5.82 Å². The summed E-state index contributed by atoms with van der Waals surface area (Å²) in [5, 5.41) is 9.47. The third-order valence-corrected chi connectivity index (χ3v) is 2.60. The zero-order chi connectivity index (χ0) is 10.8. The lowest BCUT2D eigenvalue weighted by Crippen LogP contribution is -2.04. The molecule has 1 aromatic rings. The Hall–Kier alpha value is -1.09. The minimum atomic E-state index is -0.625. The molecule has 0 aromatic heterocycles. The van der Waals surface area contributed by atoms with Gasteiger partial charge < -0.3 is 9.84 Å². The first kappa shape index (κ1) is 10.4. The molecular formula is C12H15FO2. The number of rotatable bonds is 4. The van der Waals surface area contributed by atoms with Gasteiger partial charge in [0.05, 0.1) is 12.7 Å². The zero-order valence-corrected chi connectivity index (χ0v) is 8.74. The van der Waals surface area contributed by atoms with Gasteiger partial charge in [-0.05, 0) is 37.8 Å². The van der Waals surface area contributed by atoms with E-state index in [0.717, 1.165) is 0 Å². The Kier molecular flexibility index (Phi) is 2.91. The minimum Gasteiger partial charge on any atom is -0.493 e. The lowest BCUT2D eigenvalue weighted by atomic mass is 10.1. The molecule has 2 nitrogen and oxygen atoms in total. The average Bonchev–Trinajstić information content (AvgIpc) is 2.97. The molecule has 0 unspecified atom stereocenters. The van der Waals surface area contributed by atoms with Crippen molar-refractivity contribution in [1.29, 1.82) is 0 Å². The van der Waals surface area contributed by atoms with E-state index in [1.165, 1.54) is 25.0 Å². The number of halogens is 1. The van der Waals surface area contributed by atoms with Gasteiger partial charge in [-0.2, -0.15) is 0 Å². The number of aliphatic hydroxyl groups excluding tert-OH is 1. The second kappa shape index (κ2) is 4.19. The molecule has 1 aromatic carbocycles. The van der Waals surface area contributed by atoms with Crippen LogP contribution in [0.1, 0.15) is 31.4 Å². The van der Waals surface area contributed by atoms with E-state index in [0.29, 0.717) is 23.8 Å². The second-order valence-corrected chi connectivity index (χ2v) is 4.11. The Labute approximate surface area is 88.7 Å². The van der Waals surface area contributed by atoms with E-state index >= 15 is 0 Å². The number of benzene rings is 1. The monoisotopic (exact) mass is 210 g/mol. The molecule has 0 bridgehead atoms. The number of ether oxygens (including phenoxy) is 1. The van der Waals surface area contributed by atoms with Crippen LogP contribution in [-0.4, -0.2) is 11.7 Å². The Morgan fingerprint density at radius 3 is 2.87 bits per heavy atom. The third kappa shape index (κ3) is 2.69. The molecule has 2 rings (SSSR count). The quantitative estimate of drug-likeness (QED) is 0.827. The topological polar surface area (TPSA) is 29.5 Å². The van der Waals surface area contributed by atoms with Gasteiger partial charge >= 0.3 is 0 Å². The van der Waals surface area contributed by atoms with Crippen molar-refractivity contribution in [3.8, 4) is 5.75 Å². The fourth-order valence-electron chi connectivity index (χ4n) is 1.47. The normalized spacial score (nSPS) is 17.5. The van der Waals surface area contributed by atoms with E-state index in [1.807, 2.05) is 0 Å². The van der Waals surface area contributed by atoms with Crippen LogP contribution < -0.4 is 4.74 Å². The molecule has 0 saturated heterocycles. The summed E-state index contributed by atoms with van der Waals surface area (Å²) < 4.78 is 18.5. The van der Waals surface area contributed by atoms with Gasteiger partial charge in [-0.3, -0.25) is 0 Å². The van der Waals surface area contributed by atoms with Crippen molar-refractivity contribution in [2.75, 3.05) is 6.61 Å². The predicted octanol–water partition coefficient (Wildman–Crippen LogP) is 2.67. The summed E-state index contributed by atoms with van der Waals surface area (Å²) in [6.45, 7) is 2.28. The highest BCUT2D eigenvalue weighted by Gasteiger charge is 2.22. The van der Waals surface area contributed by atoms with Gasteiger partial charge in [-0.15, -0.1) is 0 Å². The summed E-state index contributed by atoms with van der Waals surface area (Å²) in [4.78, 5) is 0. The van der Waals surface area contributed by atoms with Crippen molar-refractivity contribution >= 4 is 0 Å². The summed E-state index contributed by atoms with van der Waals surface area (Å²) in [6.07, 6.45) is 1.76. The van der Waals surface area contributed by atoms with Crippen molar-refractivity contribution in [1.82, 2.24) is 0 Å². The molecule has 0 aliphatic heterocycles. The maximum absolute atomic E-state index is 13.0. The van der Waals surface area contributed by atoms with Crippen LogP contribution in [0.15, 0.2) is 18.2 Å². The molecular weight excluding hydrogens is 195 g/mol. The zero-order valence-electron chi connectivity index (χ0n) is 8.74. The SMILES string of the molecule is C[C@@H](O)c1ccc(F)cc1OCC1CC1. The van der Waals surface area contributed by atoms with E-state index in [4.69, 9.17) is 4.74 Å². The highest BCUT2D eigenvalue weighted by molar-refractivity contribution is 5.35. The Bertz CT molecular complexity index is 345.